The van der Waals surface area contributed by atoms with Gasteiger partial charge >= 0.3 is 0 Å². The predicted molar refractivity (Wildman–Crippen MR) is 175 cm³/mol. The fraction of sp³-hybridized carbons (Fsp3) is 0.0500. The van der Waals surface area contributed by atoms with Gasteiger partial charge in [0.25, 0.3) is 0 Å². The van der Waals surface area contributed by atoms with E-state index in [0.717, 1.165) is 11.3 Å². The maximum atomic E-state index is 6.15. The molecule has 7 aromatic carbocycles. The van der Waals surface area contributed by atoms with Crippen LogP contribution in [0.15, 0.2) is 138 Å². The molecule has 0 fully saturated rings. The average molecular weight is 525 g/mol. The molecule has 41 heavy (non-hydrogen) atoms. The van der Waals surface area contributed by atoms with E-state index in [9.17, 15) is 0 Å². The maximum absolute atomic E-state index is 6.15. The van der Waals surface area contributed by atoms with Gasteiger partial charge in [0.1, 0.15) is 11.3 Å². The van der Waals surface area contributed by atoms with Crippen LogP contribution in [-0.4, -0.2) is 0 Å². The number of hydrogen-bond acceptors (Lipinski definition) is 1. The number of aryl methyl sites for hydroxylation is 2. The van der Waals surface area contributed by atoms with Crippen molar-refractivity contribution in [3.63, 3.8) is 0 Å². The second-order valence-electron chi connectivity index (χ2n) is 11.0. The van der Waals surface area contributed by atoms with Crippen molar-refractivity contribution in [1.82, 2.24) is 0 Å². The SMILES string of the molecule is Cc1oc2cc(-c3c4ccccc4c(-c4ccc(-c5ccc6ccccc6c5)cc4)c4ccccc34)ccc2c1C. The first-order chi connectivity index (χ1) is 20.2. The molecule has 0 saturated heterocycles. The number of hydrogen-bond donors (Lipinski definition) is 0. The molecule has 0 aliphatic rings. The van der Waals surface area contributed by atoms with Crippen molar-refractivity contribution in [1.29, 1.82) is 0 Å². The normalized spacial score (nSPS) is 11.7. The van der Waals surface area contributed by atoms with Crippen LogP contribution in [0.5, 0.6) is 0 Å². The van der Waals surface area contributed by atoms with E-state index in [0.29, 0.717) is 0 Å². The molecule has 194 valence electrons. The molecule has 0 spiro atoms. The largest absolute Gasteiger partial charge is 0.461 e. The first-order valence-electron chi connectivity index (χ1n) is 14.2. The molecular formula is C40H28O. The molecule has 0 unspecified atom stereocenters. The summed E-state index contributed by atoms with van der Waals surface area (Å²) < 4.78 is 6.15. The van der Waals surface area contributed by atoms with E-state index in [1.807, 2.05) is 6.92 Å². The van der Waals surface area contributed by atoms with Gasteiger partial charge in [0.2, 0.25) is 0 Å². The van der Waals surface area contributed by atoms with Crippen molar-refractivity contribution in [2.75, 3.05) is 0 Å². The third kappa shape index (κ3) is 3.77. The second-order valence-corrected chi connectivity index (χ2v) is 11.0. The Morgan fingerprint density at radius 3 is 1.56 bits per heavy atom. The Morgan fingerprint density at radius 1 is 0.390 bits per heavy atom. The van der Waals surface area contributed by atoms with E-state index in [1.165, 1.54) is 76.6 Å². The van der Waals surface area contributed by atoms with Crippen LogP contribution in [0.2, 0.25) is 0 Å². The van der Waals surface area contributed by atoms with Crippen molar-refractivity contribution in [3.05, 3.63) is 145 Å². The molecule has 1 aromatic heterocycles. The van der Waals surface area contributed by atoms with Gasteiger partial charge in [-0.05, 0) is 97.2 Å². The summed E-state index contributed by atoms with van der Waals surface area (Å²) in [6, 6.07) is 48.6. The summed E-state index contributed by atoms with van der Waals surface area (Å²) >= 11 is 0. The highest BCUT2D eigenvalue weighted by Gasteiger charge is 2.18. The molecule has 0 aliphatic carbocycles. The molecule has 0 bridgehead atoms. The second kappa shape index (κ2) is 9.21. The number of furan rings is 1. The monoisotopic (exact) mass is 524 g/mol. The zero-order valence-electron chi connectivity index (χ0n) is 23.1. The summed E-state index contributed by atoms with van der Waals surface area (Å²) in [6.07, 6.45) is 0. The lowest BCUT2D eigenvalue weighted by Crippen LogP contribution is -1.91. The first kappa shape index (κ1) is 23.7. The van der Waals surface area contributed by atoms with E-state index in [4.69, 9.17) is 4.42 Å². The molecule has 1 heteroatoms. The van der Waals surface area contributed by atoms with Crippen LogP contribution in [0.25, 0.3) is 76.7 Å². The molecule has 0 saturated carbocycles. The van der Waals surface area contributed by atoms with Crippen molar-refractivity contribution in [3.8, 4) is 33.4 Å². The van der Waals surface area contributed by atoms with Crippen LogP contribution in [0.1, 0.15) is 11.3 Å². The van der Waals surface area contributed by atoms with Crippen molar-refractivity contribution >= 4 is 43.3 Å². The van der Waals surface area contributed by atoms with Gasteiger partial charge in [-0.3, -0.25) is 0 Å². The van der Waals surface area contributed by atoms with Gasteiger partial charge in [-0.2, -0.15) is 0 Å². The summed E-state index contributed by atoms with van der Waals surface area (Å²) in [6.45, 7) is 4.17. The molecule has 0 atom stereocenters. The van der Waals surface area contributed by atoms with Gasteiger partial charge in [-0.15, -0.1) is 0 Å². The molecule has 0 N–H and O–H groups in total. The lowest BCUT2D eigenvalue weighted by Gasteiger charge is -2.18. The number of fused-ring (bicyclic) bond motifs is 4. The van der Waals surface area contributed by atoms with Crippen molar-refractivity contribution in [2.45, 2.75) is 13.8 Å². The van der Waals surface area contributed by atoms with Gasteiger partial charge < -0.3 is 4.42 Å². The summed E-state index contributed by atoms with van der Waals surface area (Å²) in [5.41, 5.74) is 9.54. The van der Waals surface area contributed by atoms with Gasteiger partial charge in [0.05, 0.1) is 0 Å². The maximum Gasteiger partial charge on any atom is 0.135 e. The van der Waals surface area contributed by atoms with Crippen LogP contribution in [0.3, 0.4) is 0 Å². The van der Waals surface area contributed by atoms with Gasteiger partial charge in [-0.25, -0.2) is 0 Å². The highest BCUT2D eigenvalue weighted by molar-refractivity contribution is 6.21. The van der Waals surface area contributed by atoms with Crippen molar-refractivity contribution < 1.29 is 4.42 Å². The quantitative estimate of drug-likeness (QED) is 0.210. The summed E-state index contributed by atoms with van der Waals surface area (Å²) in [4.78, 5) is 0. The van der Waals surface area contributed by atoms with E-state index >= 15 is 0 Å². The number of benzene rings is 7. The van der Waals surface area contributed by atoms with Gasteiger partial charge in [0.15, 0.2) is 0 Å². The lowest BCUT2D eigenvalue weighted by atomic mass is 9.85. The van der Waals surface area contributed by atoms with E-state index in [-0.39, 0.29) is 0 Å². The summed E-state index contributed by atoms with van der Waals surface area (Å²) in [5, 5.41) is 8.72. The van der Waals surface area contributed by atoms with E-state index < -0.39 is 0 Å². The molecule has 8 rings (SSSR count). The van der Waals surface area contributed by atoms with Gasteiger partial charge in [-0.1, -0.05) is 121 Å². The Labute approximate surface area is 239 Å². The minimum atomic E-state index is 0.944. The molecular weight excluding hydrogens is 496 g/mol. The van der Waals surface area contributed by atoms with E-state index in [1.54, 1.807) is 0 Å². The highest BCUT2D eigenvalue weighted by Crippen LogP contribution is 2.44. The smallest absolute Gasteiger partial charge is 0.135 e. The molecule has 1 heterocycles. The molecule has 0 radical (unpaired) electrons. The average Bonchev–Trinajstić information content (AvgIpc) is 3.31. The van der Waals surface area contributed by atoms with Crippen LogP contribution >= 0.6 is 0 Å². The van der Waals surface area contributed by atoms with Crippen LogP contribution in [0, 0.1) is 13.8 Å². The topological polar surface area (TPSA) is 13.1 Å². The Balaban J connectivity index is 1.33. The third-order valence-electron chi connectivity index (χ3n) is 8.65. The summed E-state index contributed by atoms with van der Waals surface area (Å²) in [5.74, 6) is 0.981. The summed E-state index contributed by atoms with van der Waals surface area (Å²) in [7, 11) is 0. The Kier molecular flexibility index (Phi) is 5.33. The van der Waals surface area contributed by atoms with Crippen LogP contribution < -0.4 is 0 Å². The zero-order valence-corrected chi connectivity index (χ0v) is 23.1. The third-order valence-corrected chi connectivity index (χ3v) is 8.65. The Morgan fingerprint density at radius 2 is 0.902 bits per heavy atom. The minimum Gasteiger partial charge on any atom is -0.461 e. The first-order valence-corrected chi connectivity index (χ1v) is 14.2. The fourth-order valence-corrected chi connectivity index (χ4v) is 6.45. The van der Waals surface area contributed by atoms with Crippen molar-refractivity contribution in [2.24, 2.45) is 0 Å². The molecule has 8 aromatic rings. The number of rotatable bonds is 3. The van der Waals surface area contributed by atoms with E-state index in [2.05, 4.69) is 140 Å². The molecule has 0 amide bonds. The standard InChI is InChI=1S/C40H28O/c1-25-26(2)41-38-24-32(21-22-33(25)38)40-36-13-7-5-11-34(36)39(35-12-6-8-14-37(35)40)29-18-15-28(16-19-29)31-20-17-27-9-3-4-10-30(27)23-31/h3-24H,1-2H3. The molecule has 1 nitrogen and oxygen atoms in total. The Bertz CT molecular complexity index is 2210. The predicted octanol–water partition coefficient (Wildman–Crippen LogP) is 11.5. The van der Waals surface area contributed by atoms with Crippen LogP contribution in [0.4, 0.5) is 0 Å². The fourth-order valence-electron chi connectivity index (χ4n) is 6.45. The Hall–Kier alpha value is -5.14. The molecule has 0 aliphatic heterocycles. The minimum absolute atomic E-state index is 0.944. The zero-order chi connectivity index (χ0) is 27.5. The van der Waals surface area contributed by atoms with Crippen LogP contribution in [-0.2, 0) is 0 Å². The highest BCUT2D eigenvalue weighted by atomic mass is 16.3. The van der Waals surface area contributed by atoms with Gasteiger partial charge in [0, 0.05) is 5.39 Å². The lowest BCUT2D eigenvalue weighted by molar-refractivity contribution is 0.575.